The molecule has 0 unspecified atom stereocenters. The summed E-state index contributed by atoms with van der Waals surface area (Å²) in [7, 11) is 0. The largest absolute Gasteiger partial charge is 0.490 e. The molecular weight excluding hydrogens is 492 g/mol. The van der Waals surface area contributed by atoms with Crippen molar-refractivity contribution in [2.24, 2.45) is 5.73 Å². The fraction of sp³-hybridized carbons (Fsp3) is 0.548. The highest BCUT2D eigenvalue weighted by molar-refractivity contribution is 6.01. The summed E-state index contributed by atoms with van der Waals surface area (Å²) in [5.74, 6) is 0.360. The van der Waals surface area contributed by atoms with Crippen molar-refractivity contribution in [2.45, 2.75) is 82.1 Å². The van der Waals surface area contributed by atoms with E-state index in [0.29, 0.717) is 12.0 Å². The van der Waals surface area contributed by atoms with Crippen LogP contribution < -0.4 is 10.5 Å². The fourth-order valence-corrected chi connectivity index (χ4v) is 6.88. The summed E-state index contributed by atoms with van der Waals surface area (Å²) in [6.07, 6.45) is 9.32. The van der Waals surface area contributed by atoms with E-state index >= 15 is 0 Å². The molecule has 208 valence electrons. The topological polar surface area (TPSA) is 103 Å². The molecule has 0 radical (unpaired) electrons. The fourth-order valence-electron chi connectivity index (χ4n) is 6.88. The minimum Gasteiger partial charge on any atom is -0.490 e. The summed E-state index contributed by atoms with van der Waals surface area (Å²) >= 11 is 0. The number of carbonyl (C=O) groups is 1. The number of nitrogens with two attached hydrogens (primary N) is 1. The number of hydrogen-bond donors (Lipinski definition) is 2. The van der Waals surface area contributed by atoms with E-state index in [1.54, 1.807) is 0 Å². The van der Waals surface area contributed by atoms with Crippen molar-refractivity contribution in [2.75, 3.05) is 26.3 Å². The molecule has 3 aromatic rings. The molecule has 3 aliphatic rings. The van der Waals surface area contributed by atoms with Gasteiger partial charge in [0.1, 0.15) is 17.5 Å². The second-order valence-electron chi connectivity index (χ2n) is 11.6. The lowest BCUT2D eigenvalue weighted by Gasteiger charge is -2.48. The Balaban J connectivity index is 1.34. The number of aliphatic hydroxyl groups excluding tert-OH is 1. The summed E-state index contributed by atoms with van der Waals surface area (Å²) in [6.45, 7) is 4.28. The molecule has 39 heavy (non-hydrogen) atoms. The number of aliphatic hydroxyl groups is 1. The van der Waals surface area contributed by atoms with Crippen LogP contribution >= 0.6 is 0 Å². The Kier molecular flexibility index (Phi) is 7.60. The van der Waals surface area contributed by atoms with Gasteiger partial charge in [-0.3, -0.25) is 14.4 Å². The Hall–Kier alpha value is -2.94. The number of amides is 1. The van der Waals surface area contributed by atoms with Crippen molar-refractivity contribution < 1.29 is 19.4 Å². The van der Waals surface area contributed by atoms with Gasteiger partial charge in [-0.1, -0.05) is 19.3 Å². The number of rotatable bonds is 7. The molecule has 0 spiro atoms. The molecule has 2 aromatic carbocycles. The Morgan fingerprint density at radius 2 is 1.82 bits per heavy atom. The Morgan fingerprint density at radius 3 is 2.54 bits per heavy atom. The van der Waals surface area contributed by atoms with E-state index in [2.05, 4.69) is 9.58 Å². The molecule has 2 atom stereocenters. The van der Waals surface area contributed by atoms with E-state index in [0.717, 1.165) is 92.9 Å². The predicted molar refractivity (Wildman–Crippen MR) is 151 cm³/mol. The Morgan fingerprint density at radius 1 is 1.05 bits per heavy atom. The first kappa shape index (κ1) is 26.3. The third kappa shape index (κ3) is 5.55. The van der Waals surface area contributed by atoms with Gasteiger partial charge in [-0.05, 0) is 74.6 Å². The molecule has 0 bridgehead atoms. The lowest BCUT2D eigenvalue weighted by molar-refractivity contribution is -0.0454. The van der Waals surface area contributed by atoms with Gasteiger partial charge in [0.2, 0.25) is 5.91 Å². The summed E-state index contributed by atoms with van der Waals surface area (Å²) in [4.78, 5) is 14.7. The summed E-state index contributed by atoms with van der Waals surface area (Å²) in [6, 6.07) is 13.7. The number of aromatic nitrogens is 2. The maximum Gasteiger partial charge on any atom is 0.248 e. The predicted octanol–water partition coefficient (Wildman–Crippen LogP) is 4.52. The van der Waals surface area contributed by atoms with Crippen LogP contribution in [-0.4, -0.2) is 69.7 Å². The maximum atomic E-state index is 12.1. The highest BCUT2D eigenvalue weighted by Gasteiger charge is 2.39. The Labute approximate surface area is 230 Å². The number of morpholine rings is 1. The molecule has 8 heteroatoms. The van der Waals surface area contributed by atoms with Crippen LogP contribution in [0.15, 0.2) is 42.5 Å². The molecule has 1 aromatic heterocycles. The number of hydrogen-bond acceptors (Lipinski definition) is 6. The molecule has 1 saturated heterocycles. The lowest BCUT2D eigenvalue weighted by atomic mass is 9.79. The Bertz CT molecular complexity index is 1290. The van der Waals surface area contributed by atoms with Crippen LogP contribution in [0.3, 0.4) is 0 Å². The lowest BCUT2D eigenvalue weighted by Crippen LogP contribution is -2.56. The van der Waals surface area contributed by atoms with Gasteiger partial charge < -0.3 is 20.3 Å². The van der Waals surface area contributed by atoms with Crippen LogP contribution in [0.5, 0.6) is 5.75 Å². The smallest absolute Gasteiger partial charge is 0.248 e. The van der Waals surface area contributed by atoms with Gasteiger partial charge >= 0.3 is 0 Å². The van der Waals surface area contributed by atoms with Gasteiger partial charge in [0.05, 0.1) is 31.4 Å². The molecular formula is C31H40N4O4. The van der Waals surface area contributed by atoms with Gasteiger partial charge in [0, 0.05) is 41.6 Å². The van der Waals surface area contributed by atoms with Gasteiger partial charge in [-0.15, -0.1) is 0 Å². The highest BCUT2D eigenvalue weighted by atomic mass is 16.5. The zero-order chi connectivity index (χ0) is 26.8. The molecule has 2 aliphatic carbocycles. The first-order valence-corrected chi connectivity index (χ1v) is 14.6. The number of fused-ring (bicyclic) bond motifs is 1. The van der Waals surface area contributed by atoms with Crippen LogP contribution in [0.4, 0.5) is 0 Å². The van der Waals surface area contributed by atoms with Gasteiger partial charge in [-0.25, -0.2) is 0 Å². The SMILES string of the molecule is NC(=O)c1ccc2c(c1)c(-c1ccc(O[C@@H]3CCC[C@H](O)C3)cc1)nn2CC1(N2CCOCC2)CCCCC1. The molecule has 1 amide bonds. The maximum absolute atomic E-state index is 12.1. The summed E-state index contributed by atoms with van der Waals surface area (Å²) in [5.41, 5.74) is 9.05. The van der Waals surface area contributed by atoms with Crippen LogP contribution in [0, 0.1) is 0 Å². The van der Waals surface area contributed by atoms with Crippen molar-refractivity contribution in [3.63, 3.8) is 0 Å². The molecule has 2 saturated carbocycles. The number of benzene rings is 2. The number of nitrogens with zero attached hydrogens (tertiary/aromatic N) is 3. The van der Waals surface area contributed by atoms with Gasteiger partial charge in [0.15, 0.2) is 0 Å². The van der Waals surface area contributed by atoms with Gasteiger partial charge in [-0.2, -0.15) is 5.10 Å². The van der Waals surface area contributed by atoms with Crippen molar-refractivity contribution in [3.05, 3.63) is 48.0 Å². The van der Waals surface area contributed by atoms with E-state index in [1.807, 2.05) is 42.5 Å². The molecule has 1 aliphatic heterocycles. The van der Waals surface area contributed by atoms with Gasteiger partial charge in [0.25, 0.3) is 0 Å². The average Bonchev–Trinajstić information content (AvgIpc) is 3.31. The van der Waals surface area contributed by atoms with Crippen LogP contribution in [0.1, 0.15) is 68.1 Å². The van der Waals surface area contributed by atoms with E-state index in [4.69, 9.17) is 20.3 Å². The normalized spacial score (nSPS) is 24.0. The van der Waals surface area contributed by atoms with Crippen molar-refractivity contribution >= 4 is 16.8 Å². The minimum atomic E-state index is -0.439. The average molecular weight is 533 g/mol. The van der Waals surface area contributed by atoms with E-state index in [-0.39, 0.29) is 17.7 Å². The first-order chi connectivity index (χ1) is 19.0. The monoisotopic (exact) mass is 532 g/mol. The molecule has 3 fully saturated rings. The van der Waals surface area contributed by atoms with Crippen molar-refractivity contribution in [1.82, 2.24) is 14.7 Å². The van der Waals surface area contributed by atoms with E-state index in [1.165, 1.54) is 19.3 Å². The second kappa shape index (κ2) is 11.3. The number of carbonyl (C=O) groups excluding carboxylic acids is 1. The van der Waals surface area contributed by atoms with Crippen molar-refractivity contribution in [3.8, 4) is 17.0 Å². The molecule has 2 heterocycles. The third-order valence-corrected chi connectivity index (χ3v) is 8.97. The number of ether oxygens (including phenoxy) is 2. The zero-order valence-corrected chi connectivity index (χ0v) is 22.7. The summed E-state index contributed by atoms with van der Waals surface area (Å²) < 4.78 is 14.0. The third-order valence-electron chi connectivity index (χ3n) is 8.97. The minimum absolute atomic E-state index is 0.0460. The standard InChI is InChI=1S/C31H40N4O4/c32-30(37)23-9-12-28-27(19-23)29(22-7-10-25(11-8-22)39-26-6-4-5-24(36)20-26)33-35(28)21-31(13-2-1-3-14-31)34-15-17-38-18-16-34/h7-12,19,24,26,36H,1-6,13-18,20-21H2,(H2,32,37)/t24-,26+/m0/s1. The first-order valence-electron chi connectivity index (χ1n) is 14.6. The summed E-state index contributed by atoms with van der Waals surface area (Å²) in [5, 5.41) is 16.1. The van der Waals surface area contributed by atoms with Crippen molar-refractivity contribution in [1.29, 1.82) is 0 Å². The van der Waals surface area contributed by atoms with Crippen LogP contribution in [0.25, 0.3) is 22.2 Å². The zero-order valence-electron chi connectivity index (χ0n) is 22.7. The quantitative estimate of drug-likeness (QED) is 0.464. The molecule has 6 rings (SSSR count). The van der Waals surface area contributed by atoms with Crippen LogP contribution in [-0.2, 0) is 11.3 Å². The van der Waals surface area contributed by atoms with E-state index < -0.39 is 5.91 Å². The highest BCUT2D eigenvalue weighted by Crippen LogP contribution is 2.38. The number of primary amides is 1. The van der Waals surface area contributed by atoms with E-state index in [9.17, 15) is 9.90 Å². The molecule has 8 nitrogen and oxygen atoms in total. The second-order valence-corrected chi connectivity index (χ2v) is 11.6. The molecule has 3 N–H and O–H groups in total. The van der Waals surface area contributed by atoms with Crippen LogP contribution in [0.2, 0.25) is 0 Å².